The molecule has 12 heavy (non-hydrogen) atoms. The van der Waals surface area contributed by atoms with Crippen molar-refractivity contribution in [3.8, 4) is 0 Å². The Balaban J connectivity index is 2.39. The van der Waals surface area contributed by atoms with Gasteiger partial charge in [-0.25, -0.2) is 4.39 Å². The Morgan fingerprint density at radius 1 is 1.17 bits per heavy atom. The van der Waals surface area contributed by atoms with Gasteiger partial charge >= 0.3 is 0 Å². The van der Waals surface area contributed by atoms with Crippen LogP contribution in [0.1, 0.15) is 52.9 Å². The zero-order valence-corrected chi connectivity index (χ0v) is 8.57. The van der Waals surface area contributed by atoms with Crippen LogP contribution in [0.2, 0.25) is 0 Å². The van der Waals surface area contributed by atoms with E-state index in [-0.39, 0.29) is 0 Å². The first-order chi connectivity index (χ1) is 5.49. The van der Waals surface area contributed by atoms with Gasteiger partial charge in [-0.15, -0.1) is 0 Å². The molecule has 0 aromatic heterocycles. The van der Waals surface area contributed by atoms with Gasteiger partial charge in [-0.3, -0.25) is 0 Å². The van der Waals surface area contributed by atoms with Gasteiger partial charge in [0.1, 0.15) is 6.17 Å². The number of halogens is 1. The smallest absolute Gasteiger partial charge is 0.103 e. The first-order valence-electron chi connectivity index (χ1n) is 5.13. The third kappa shape index (κ3) is 3.12. The lowest BCUT2D eigenvalue weighted by atomic mass is 9.77. The van der Waals surface area contributed by atoms with Crippen LogP contribution in [0.25, 0.3) is 0 Å². The van der Waals surface area contributed by atoms with E-state index in [4.69, 9.17) is 0 Å². The summed E-state index contributed by atoms with van der Waals surface area (Å²) in [4.78, 5) is 0. The average molecular weight is 172 g/mol. The Labute approximate surface area is 75.5 Å². The normalized spacial score (nSPS) is 32.0. The highest BCUT2D eigenvalue weighted by Crippen LogP contribution is 2.35. The second-order valence-electron chi connectivity index (χ2n) is 5.33. The molecule has 1 heteroatoms. The fraction of sp³-hybridized carbons (Fsp3) is 1.00. The summed E-state index contributed by atoms with van der Waals surface area (Å²) in [6.07, 6.45) is 4.79. The molecule has 0 amide bonds. The minimum absolute atomic E-state index is 0.298. The molecule has 0 bridgehead atoms. The molecule has 0 saturated heterocycles. The Hall–Kier alpha value is -0.0700. The van der Waals surface area contributed by atoms with E-state index in [9.17, 15) is 4.39 Å². The summed E-state index contributed by atoms with van der Waals surface area (Å²) in [6, 6.07) is 0. The minimum Gasteiger partial charge on any atom is -0.247 e. The lowest BCUT2D eigenvalue weighted by Gasteiger charge is -2.31. The lowest BCUT2D eigenvalue weighted by Crippen LogP contribution is -2.25. The van der Waals surface area contributed by atoms with Crippen LogP contribution in [0.4, 0.5) is 4.39 Å². The van der Waals surface area contributed by atoms with E-state index < -0.39 is 6.17 Å². The quantitative estimate of drug-likeness (QED) is 0.561. The van der Waals surface area contributed by atoms with Gasteiger partial charge in [0.05, 0.1) is 0 Å². The van der Waals surface area contributed by atoms with Crippen LogP contribution in [0, 0.1) is 11.3 Å². The highest BCUT2D eigenvalue weighted by Gasteiger charge is 2.28. The molecule has 1 fully saturated rings. The molecule has 0 nitrogen and oxygen atoms in total. The molecular formula is C11H21F. The minimum atomic E-state index is -0.516. The number of alkyl halides is 1. The maximum atomic E-state index is 13.4. The molecule has 0 N–H and O–H groups in total. The number of rotatable bonds is 1. The monoisotopic (exact) mass is 172 g/mol. The van der Waals surface area contributed by atoms with Crippen LogP contribution in [0.5, 0.6) is 0 Å². The molecule has 1 rings (SSSR count). The number of hydrogen-bond donors (Lipinski definition) is 0. The highest BCUT2D eigenvalue weighted by atomic mass is 19.1. The predicted molar refractivity (Wildman–Crippen MR) is 50.9 cm³/mol. The zero-order valence-electron chi connectivity index (χ0n) is 8.57. The van der Waals surface area contributed by atoms with Crippen molar-refractivity contribution in [2.24, 2.45) is 11.3 Å². The summed E-state index contributed by atoms with van der Waals surface area (Å²) < 4.78 is 13.4. The summed E-state index contributed by atoms with van der Waals surface area (Å²) in [5.41, 5.74) is 0.298. The van der Waals surface area contributed by atoms with Crippen LogP contribution in [0.3, 0.4) is 0 Å². The van der Waals surface area contributed by atoms with Gasteiger partial charge in [0, 0.05) is 0 Å². The average Bonchev–Trinajstić information content (AvgIpc) is 1.91. The maximum Gasteiger partial charge on any atom is 0.103 e. The molecule has 1 saturated carbocycles. The van der Waals surface area contributed by atoms with E-state index in [1.54, 1.807) is 0 Å². The van der Waals surface area contributed by atoms with Gasteiger partial charge in [-0.1, -0.05) is 33.6 Å². The van der Waals surface area contributed by atoms with Crippen molar-refractivity contribution < 1.29 is 4.39 Å². The first-order valence-corrected chi connectivity index (χ1v) is 5.13. The largest absolute Gasteiger partial charge is 0.247 e. The molecule has 2 atom stereocenters. The van der Waals surface area contributed by atoms with Crippen molar-refractivity contribution in [2.45, 2.75) is 59.0 Å². The van der Waals surface area contributed by atoms with Crippen molar-refractivity contribution in [1.29, 1.82) is 0 Å². The van der Waals surface area contributed by atoms with E-state index in [1.807, 2.05) is 0 Å². The Kier molecular flexibility index (Phi) is 3.14. The molecule has 72 valence electrons. The second-order valence-corrected chi connectivity index (χ2v) is 5.33. The second kappa shape index (κ2) is 3.76. The molecular weight excluding hydrogens is 151 g/mol. The Morgan fingerprint density at radius 3 is 2.25 bits per heavy atom. The van der Waals surface area contributed by atoms with Gasteiger partial charge in [0.2, 0.25) is 0 Å². The summed E-state index contributed by atoms with van der Waals surface area (Å²) in [5, 5.41) is 0. The summed E-state index contributed by atoms with van der Waals surface area (Å²) in [7, 11) is 0. The van der Waals surface area contributed by atoms with Gasteiger partial charge in [0.15, 0.2) is 0 Å². The molecule has 0 spiro atoms. The van der Waals surface area contributed by atoms with Crippen LogP contribution in [-0.4, -0.2) is 6.17 Å². The fourth-order valence-corrected chi connectivity index (χ4v) is 2.18. The molecule has 0 aromatic carbocycles. The topological polar surface area (TPSA) is 0 Å². The molecule has 0 aliphatic heterocycles. The third-order valence-electron chi connectivity index (χ3n) is 2.69. The molecule has 1 aliphatic carbocycles. The van der Waals surface area contributed by atoms with Gasteiger partial charge in [-0.2, -0.15) is 0 Å². The molecule has 1 aliphatic rings. The van der Waals surface area contributed by atoms with Crippen LogP contribution >= 0.6 is 0 Å². The zero-order chi connectivity index (χ0) is 9.19. The van der Waals surface area contributed by atoms with Gasteiger partial charge < -0.3 is 0 Å². The SMILES string of the molecule is CC(C)(C)CC1CCCCC1F. The van der Waals surface area contributed by atoms with E-state index >= 15 is 0 Å². The molecule has 0 radical (unpaired) electrons. The van der Waals surface area contributed by atoms with E-state index in [0.29, 0.717) is 11.3 Å². The van der Waals surface area contributed by atoms with Crippen molar-refractivity contribution in [2.75, 3.05) is 0 Å². The first kappa shape index (κ1) is 10.0. The van der Waals surface area contributed by atoms with Crippen molar-refractivity contribution in [1.82, 2.24) is 0 Å². The van der Waals surface area contributed by atoms with Crippen LogP contribution in [-0.2, 0) is 0 Å². The maximum absolute atomic E-state index is 13.4. The molecule has 0 aromatic rings. The summed E-state index contributed by atoms with van der Waals surface area (Å²) in [5.74, 6) is 0.346. The van der Waals surface area contributed by atoms with Crippen molar-refractivity contribution >= 4 is 0 Å². The lowest BCUT2D eigenvalue weighted by molar-refractivity contribution is 0.123. The number of hydrogen-bond acceptors (Lipinski definition) is 0. The Morgan fingerprint density at radius 2 is 1.75 bits per heavy atom. The Bertz CT molecular complexity index is 134. The van der Waals surface area contributed by atoms with Gasteiger partial charge in [-0.05, 0) is 30.6 Å². The third-order valence-corrected chi connectivity index (χ3v) is 2.69. The van der Waals surface area contributed by atoms with E-state index in [1.165, 1.54) is 6.42 Å². The highest BCUT2D eigenvalue weighted by molar-refractivity contribution is 4.79. The van der Waals surface area contributed by atoms with E-state index in [0.717, 1.165) is 25.7 Å². The fourth-order valence-electron chi connectivity index (χ4n) is 2.18. The van der Waals surface area contributed by atoms with Crippen molar-refractivity contribution in [3.05, 3.63) is 0 Å². The summed E-state index contributed by atoms with van der Waals surface area (Å²) >= 11 is 0. The molecule has 2 unspecified atom stereocenters. The van der Waals surface area contributed by atoms with Crippen LogP contribution in [0.15, 0.2) is 0 Å². The standard InChI is InChI=1S/C11H21F/c1-11(2,3)8-9-6-4-5-7-10(9)12/h9-10H,4-8H2,1-3H3. The van der Waals surface area contributed by atoms with E-state index in [2.05, 4.69) is 20.8 Å². The molecule has 0 heterocycles. The summed E-state index contributed by atoms with van der Waals surface area (Å²) in [6.45, 7) is 6.61. The van der Waals surface area contributed by atoms with Crippen molar-refractivity contribution in [3.63, 3.8) is 0 Å². The van der Waals surface area contributed by atoms with Gasteiger partial charge in [0.25, 0.3) is 0 Å². The predicted octanol–water partition coefficient (Wildman–Crippen LogP) is 3.95. The van der Waals surface area contributed by atoms with Crippen LogP contribution < -0.4 is 0 Å².